The second kappa shape index (κ2) is 8.84. The Morgan fingerprint density at radius 1 is 1.07 bits per heavy atom. The molecule has 6 heteroatoms. The average Bonchev–Trinajstić information content (AvgIpc) is 2.70. The van der Waals surface area contributed by atoms with E-state index in [4.69, 9.17) is 16.3 Å². The number of ether oxygens (including phenoxy) is 1. The first-order valence-electron chi connectivity index (χ1n) is 9.71. The van der Waals surface area contributed by atoms with E-state index in [0.717, 1.165) is 44.1 Å². The monoisotopic (exact) mass is 401 g/mol. The first kappa shape index (κ1) is 20.5. The summed E-state index contributed by atoms with van der Waals surface area (Å²) in [5.41, 5.74) is 0.834. The number of hydrogen-bond donors (Lipinski definition) is 1. The predicted octanol–water partition coefficient (Wildman–Crippen LogP) is 4.28. The van der Waals surface area contributed by atoms with Crippen molar-refractivity contribution in [3.05, 3.63) is 53.6 Å². The van der Waals surface area contributed by atoms with Gasteiger partial charge in [0.15, 0.2) is 5.60 Å². The van der Waals surface area contributed by atoms with Gasteiger partial charge in [0.1, 0.15) is 5.75 Å². The van der Waals surface area contributed by atoms with E-state index >= 15 is 0 Å². The Balaban J connectivity index is 1.70. The van der Waals surface area contributed by atoms with Crippen LogP contribution in [-0.2, 0) is 4.79 Å². The smallest absolute Gasteiger partial charge is 0.268 e. The highest BCUT2D eigenvalue weighted by molar-refractivity contribution is 6.30. The summed E-state index contributed by atoms with van der Waals surface area (Å²) in [6.45, 7) is 10.7. The summed E-state index contributed by atoms with van der Waals surface area (Å²) in [6.07, 6.45) is 0. The zero-order valence-corrected chi connectivity index (χ0v) is 17.5. The summed E-state index contributed by atoms with van der Waals surface area (Å²) in [6, 6.07) is 15.0. The summed E-state index contributed by atoms with van der Waals surface area (Å²) in [5.74, 6) is 0.413. The second-order valence-corrected chi connectivity index (χ2v) is 7.90. The van der Waals surface area contributed by atoms with Crippen molar-refractivity contribution in [1.82, 2.24) is 4.90 Å². The molecule has 0 aromatic heterocycles. The lowest BCUT2D eigenvalue weighted by atomic mass is 10.1. The fourth-order valence-corrected chi connectivity index (χ4v) is 3.40. The number of benzene rings is 2. The minimum Gasteiger partial charge on any atom is -0.478 e. The normalized spacial score (nSPS) is 15.4. The van der Waals surface area contributed by atoms with Crippen LogP contribution in [0.5, 0.6) is 5.75 Å². The maximum Gasteiger partial charge on any atom is 0.268 e. The summed E-state index contributed by atoms with van der Waals surface area (Å²) in [7, 11) is 0. The SMILES string of the molecule is CCN1CCN(c2ccccc2NC(=O)C(C)(C)Oc2ccc(Cl)cc2)CC1. The standard InChI is InChI=1S/C22H28ClN3O2/c1-4-25-13-15-26(16-14-25)20-8-6-5-7-19(20)24-21(27)22(2,3)28-18-11-9-17(23)10-12-18/h5-12H,4,13-16H2,1-3H3,(H,24,27). The van der Waals surface area contributed by atoms with Crippen molar-refractivity contribution in [3.8, 4) is 5.75 Å². The Morgan fingerprint density at radius 3 is 2.36 bits per heavy atom. The van der Waals surface area contributed by atoms with E-state index < -0.39 is 5.60 Å². The zero-order valence-electron chi connectivity index (χ0n) is 16.7. The van der Waals surface area contributed by atoms with Crippen molar-refractivity contribution in [2.45, 2.75) is 26.4 Å². The fraction of sp³-hybridized carbons (Fsp3) is 0.409. The second-order valence-electron chi connectivity index (χ2n) is 7.46. The minimum absolute atomic E-state index is 0.193. The number of carbonyl (C=O) groups excluding carboxylic acids is 1. The Kier molecular flexibility index (Phi) is 6.47. The lowest BCUT2D eigenvalue weighted by Gasteiger charge is -2.36. The molecule has 0 aliphatic carbocycles. The molecule has 1 fully saturated rings. The number of hydrogen-bond acceptors (Lipinski definition) is 4. The third-order valence-electron chi connectivity index (χ3n) is 5.05. The molecule has 0 unspecified atom stereocenters. The summed E-state index contributed by atoms with van der Waals surface area (Å²) in [5, 5.41) is 3.69. The van der Waals surface area contributed by atoms with Gasteiger partial charge in [-0.15, -0.1) is 0 Å². The van der Waals surface area contributed by atoms with E-state index in [1.165, 1.54) is 0 Å². The molecule has 1 aliphatic heterocycles. The largest absolute Gasteiger partial charge is 0.478 e. The van der Waals surface area contributed by atoms with E-state index in [0.29, 0.717) is 10.8 Å². The van der Waals surface area contributed by atoms with E-state index in [1.807, 2.05) is 18.2 Å². The maximum atomic E-state index is 12.9. The number of amides is 1. The van der Waals surface area contributed by atoms with Gasteiger partial charge in [-0.05, 0) is 56.8 Å². The third-order valence-corrected chi connectivity index (χ3v) is 5.30. The van der Waals surface area contributed by atoms with Gasteiger partial charge in [-0.3, -0.25) is 4.79 Å². The highest BCUT2D eigenvalue weighted by atomic mass is 35.5. The molecule has 1 amide bonds. The van der Waals surface area contributed by atoms with Gasteiger partial charge >= 0.3 is 0 Å². The number of nitrogens with one attached hydrogen (secondary N) is 1. The number of likely N-dealkylation sites (N-methyl/N-ethyl adjacent to an activating group) is 1. The number of piperazine rings is 1. The van der Waals surface area contributed by atoms with Crippen LogP contribution in [0.3, 0.4) is 0 Å². The van der Waals surface area contributed by atoms with Gasteiger partial charge < -0.3 is 19.9 Å². The van der Waals surface area contributed by atoms with Crippen LogP contribution in [0.4, 0.5) is 11.4 Å². The molecule has 0 radical (unpaired) electrons. The van der Waals surface area contributed by atoms with Gasteiger partial charge in [0, 0.05) is 31.2 Å². The topological polar surface area (TPSA) is 44.8 Å². The first-order chi connectivity index (χ1) is 13.4. The van der Waals surface area contributed by atoms with Crippen LogP contribution in [0.2, 0.25) is 5.02 Å². The molecule has 0 atom stereocenters. The quantitative estimate of drug-likeness (QED) is 0.784. The Hall–Kier alpha value is -2.24. The highest BCUT2D eigenvalue weighted by Gasteiger charge is 2.31. The van der Waals surface area contributed by atoms with Crippen molar-refractivity contribution < 1.29 is 9.53 Å². The molecule has 1 saturated heterocycles. The summed E-state index contributed by atoms with van der Waals surface area (Å²) >= 11 is 5.92. The van der Waals surface area contributed by atoms with Crippen molar-refractivity contribution in [2.24, 2.45) is 0 Å². The van der Waals surface area contributed by atoms with E-state index in [1.54, 1.807) is 38.1 Å². The third kappa shape index (κ3) is 4.97. The van der Waals surface area contributed by atoms with E-state index in [9.17, 15) is 4.79 Å². The van der Waals surface area contributed by atoms with Crippen molar-refractivity contribution in [2.75, 3.05) is 42.9 Å². The van der Waals surface area contributed by atoms with Gasteiger partial charge in [-0.2, -0.15) is 0 Å². The lowest BCUT2D eigenvalue weighted by Crippen LogP contribution is -2.47. The molecule has 1 N–H and O–H groups in total. The van der Waals surface area contributed by atoms with Crippen molar-refractivity contribution in [3.63, 3.8) is 0 Å². The van der Waals surface area contributed by atoms with Crippen LogP contribution < -0.4 is 15.0 Å². The number of rotatable bonds is 6. The first-order valence-corrected chi connectivity index (χ1v) is 10.1. The lowest BCUT2D eigenvalue weighted by molar-refractivity contribution is -0.128. The van der Waals surface area contributed by atoms with Crippen LogP contribution >= 0.6 is 11.6 Å². The summed E-state index contributed by atoms with van der Waals surface area (Å²) < 4.78 is 5.91. The van der Waals surface area contributed by atoms with Crippen molar-refractivity contribution >= 4 is 28.9 Å². The zero-order chi connectivity index (χ0) is 20.1. The fourth-order valence-electron chi connectivity index (χ4n) is 3.28. The predicted molar refractivity (Wildman–Crippen MR) is 116 cm³/mol. The van der Waals surface area contributed by atoms with Crippen LogP contribution in [0.25, 0.3) is 0 Å². The van der Waals surface area contributed by atoms with Crippen LogP contribution in [0.15, 0.2) is 48.5 Å². The Morgan fingerprint density at radius 2 is 1.71 bits per heavy atom. The molecule has 3 rings (SSSR count). The van der Waals surface area contributed by atoms with Crippen LogP contribution in [0.1, 0.15) is 20.8 Å². The molecular formula is C22H28ClN3O2. The number of halogens is 1. The van der Waals surface area contributed by atoms with Gasteiger partial charge in [0.05, 0.1) is 11.4 Å². The van der Waals surface area contributed by atoms with E-state index in [2.05, 4.69) is 28.1 Å². The molecule has 5 nitrogen and oxygen atoms in total. The molecule has 150 valence electrons. The molecule has 0 spiro atoms. The molecule has 0 bridgehead atoms. The highest BCUT2D eigenvalue weighted by Crippen LogP contribution is 2.28. The van der Waals surface area contributed by atoms with Gasteiger partial charge in [0.25, 0.3) is 5.91 Å². The average molecular weight is 402 g/mol. The Labute approximate surface area is 172 Å². The Bertz CT molecular complexity index is 800. The molecular weight excluding hydrogens is 374 g/mol. The van der Waals surface area contributed by atoms with Crippen LogP contribution in [-0.4, -0.2) is 49.1 Å². The van der Waals surface area contributed by atoms with Gasteiger partial charge in [0.2, 0.25) is 0 Å². The van der Waals surface area contributed by atoms with Gasteiger partial charge in [-0.25, -0.2) is 0 Å². The number of nitrogens with zero attached hydrogens (tertiary/aromatic N) is 2. The number of anilines is 2. The summed E-state index contributed by atoms with van der Waals surface area (Å²) in [4.78, 5) is 17.7. The number of carbonyl (C=O) groups is 1. The molecule has 1 aliphatic rings. The minimum atomic E-state index is -1.03. The maximum absolute atomic E-state index is 12.9. The van der Waals surface area contributed by atoms with E-state index in [-0.39, 0.29) is 5.91 Å². The van der Waals surface area contributed by atoms with Gasteiger partial charge in [-0.1, -0.05) is 30.7 Å². The number of para-hydroxylation sites is 2. The molecule has 2 aromatic rings. The van der Waals surface area contributed by atoms with Crippen LogP contribution in [0, 0.1) is 0 Å². The molecule has 2 aromatic carbocycles. The molecule has 28 heavy (non-hydrogen) atoms. The molecule has 1 heterocycles. The van der Waals surface area contributed by atoms with Crippen molar-refractivity contribution in [1.29, 1.82) is 0 Å². The molecule has 0 saturated carbocycles.